The Morgan fingerprint density at radius 2 is 2.00 bits per heavy atom. The fraction of sp³-hybridized carbons (Fsp3) is 0.667. The van der Waals surface area contributed by atoms with Gasteiger partial charge in [-0.05, 0) is 49.7 Å². The summed E-state index contributed by atoms with van der Waals surface area (Å²) in [4.78, 5) is 34.3. The van der Waals surface area contributed by atoms with Gasteiger partial charge in [-0.3, -0.25) is 14.5 Å². The van der Waals surface area contributed by atoms with Crippen LogP contribution in [0.15, 0.2) is 23.6 Å². The first kappa shape index (κ1) is 34.8. The second-order valence-electron chi connectivity index (χ2n) is 11.9. The van der Waals surface area contributed by atoms with Crippen LogP contribution in [0, 0.1) is 0 Å². The van der Waals surface area contributed by atoms with E-state index in [1.165, 1.54) is 0 Å². The fourth-order valence-corrected chi connectivity index (χ4v) is 6.96. The number of aliphatic hydroxyl groups excluding tert-OH is 1. The molecule has 4 rings (SSSR count). The Kier molecular flexibility index (Phi) is 13.9. The molecule has 2 amide bonds. The van der Waals surface area contributed by atoms with Crippen molar-refractivity contribution in [1.29, 1.82) is 0 Å². The molecule has 9 nitrogen and oxygen atoms in total. The number of nitrogens with one attached hydrogen (secondary N) is 1. The largest absolute Gasteiger partial charge is 0.396 e. The van der Waals surface area contributed by atoms with Crippen molar-refractivity contribution in [3.05, 3.63) is 50.4 Å². The number of unbranched alkanes of at least 4 members (excludes halogenated alkanes) is 1. The van der Waals surface area contributed by atoms with Crippen LogP contribution in [0.25, 0.3) is 0 Å². The number of thiazole rings is 1. The highest BCUT2D eigenvalue weighted by molar-refractivity contribution is 7.09. The molecule has 44 heavy (non-hydrogen) atoms. The summed E-state index contributed by atoms with van der Waals surface area (Å²) in [5.41, 5.74) is 2.40. The van der Waals surface area contributed by atoms with Gasteiger partial charge in [-0.15, -0.1) is 11.3 Å². The molecule has 3 heterocycles. The quantitative estimate of drug-likeness (QED) is 0.250. The van der Waals surface area contributed by atoms with E-state index >= 15 is 0 Å². The summed E-state index contributed by atoms with van der Waals surface area (Å²) in [6.07, 6.45) is 6.91. The standard InChI is InChI=1S/C33H49ClN4O5S/c1-3-5-10-27(21-29(40)35-14-7-18-39)42-19-11-25-8-6-9-26(31(25)34)22-37-15-12-33(13-16-37)24-38(17-20-43-33)32(41)28-23-44-30(4-2)36-28/h6,8-9,23,27,39H,3-5,7,10-22,24H2,1-2H3,(H,35,40). The molecule has 0 saturated carbocycles. The summed E-state index contributed by atoms with van der Waals surface area (Å²) >= 11 is 8.46. The molecule has 2 fully saturated rings. The monoisotopic (exact) mass is 648 g/mol. The molecule has 0 radical (unpaired) electrons. The number of hydrogen-bond acceptors (Lipinski definition) is 8. The molecule has 11 heteroatoms. The fourth-order valence-electron chi connectivity index (χ4n) is 5.96. The van der Waals surface area contributed by atoms with Gasteiger partial charge in [-0.25, -0.2) is 4.98 Å². The lowest BCUT2D eigenvalue weighted by molar-refractivity contribution is -0.128. The Hall–Kier alpha value is -2.08. The number of nitrogens with zero attached hydrogens (tertiary/aromatic N) is 3. The number of morpholine rings is 1. The third kappa shape index (κ3) is 9.96. The lowest BCUT2D eigenvalue weighted by Crippen LogP contribution is -2.58. The molecule has 1 aromatic carbocycles. The van der Waals surface area contributed by atoms with E-state index in [0.29, 0.717) is 57.8 Å². The van der Waals surface area contributed by atoms with Crippen LogP contribution >= 0.6 is 22.9 Å². The number of likely N-dealkylation sites (tertiary alicyclic amines) is 1. The molecule has 0 bridgehead atoms. The topological polar surface area (TPSA) is 104 Å². The number of carbonyl (C=O) groups excluding carboxylic acids is 2. The molecular formula is C33H49ClN4O5S. The van der Waals surface area contributed by atoms with Crippen LogP contribution in [0.5, 0.6) is 0 Å². The van der Waals surface area contributed by atoms with Crippen LogP contribution in [-0.2, 0) is 33.7 Å². The number of hydrogen-bond donors (Lipinski definition) is 2. The smallest absolute Gasteiger partial charge is 0.273 e. The molecule has 244 valence electrons. The minimum absolute atomic E-state index is 0.0108. The Bertz CT molecular complexity index is 1200. The van der Waals surface area contributed by atoms with E-state index < -0.39 is 0 Å². The van der Waals surface area contributed by atoms with E-state index in [1.54, 1.807) is 11.3 Å². The first-order chi connectivity index (χ1) is 21.4. The Morgan fingerprint density at radius 3 is 2.73 bits per heavy atom. The number of carbonyl (C=O) groups is 2. The Balaban J connectivity index is 1.26. The number of aromatic nitrogens is 1. The van der Waals surface area contributed by atoms with Crippen molar-refractivity contribution in [2.75, 3.05) is 52.5 Å². The second-order valence-corrected chi connectivity index (χ2v) is 13.2. The van der Waals surface area contributed by atoms with E-state index in [0.717, 1.165) is 79.3 Å². The molecule has 1 spiro atoms. The van der Waals surface area contributed by atoms with Crippen LogP contribution in [0.3, 0.4) is 0 Å². The number of halogens is 1. The number of benzene rings is 1. The van der Waals surface area contributed by atoms with Crippen molar-refractivity contribution < 1.29 is 24.2 Å². The second kappa shape index (κ2) is 17.6. The predicted octanol–water partition coefficient (Wildman–Crippen LogP) is 4.87. The molecule has 1 atom stereocenters. The summed E-state index contributed by atoms with van der Waals surface area (Å²) in [7, 11) is 0. The average Bonchev–Trinajstić information content (AvgIpc) is 3.52. The van der Waals surface area contributed by atoms with Gasteiger partial charge in [0.05, 0.1) is 42.9 Å². The zero-order chi connectivity index (χ0) is 31.4. The summed E-state index contributed by atoms with van der Waals surface area (Å²) in [5.74, 6) is -0.0255. The number of ether oxygens (including phenoxy) is 2. The van der Waals surface area contributed by atoms with Gasteiger partial charge < -0.3 is 24.8 Å². The minimum Gasteiger partial charge on any atom is -0.396 e. The van der Waals surface area contributed by atoms with Crippen molar-refractivity contribution >= 4 is 34.8 Å². The van der Waals surface area contributed by atoms with E-state index in [4.69, 9.17) is 26.2 Å². The van der Waals surface area contributed by atoms with E-state index in [2.05, 4.69) is 47.2 Å². The number of piperidine rings is 1. The summed E-state index contributed by atoms with van der Waals surface area (Å²) in [6, 6.07) is 6.20. The Morgan fingerprint density at radius 1 is 1.20 bits per heavy atom. The van der Waals surface area contributed by atoms with Crippen molar-refractivity contribution in [3.8, 4) is 0 Å². The predicted molar refractivity (Wildman–Crippen MR) is 174 cm³/mol. The van der Waals surface area contributed by atoms with Gasteiger partial charge in [0, 0.05) is 49.7 Å². The Labute approximate surface area is 271 Å². The molecule has 2 N–H and O–H groups in total. The molecule has 2 saturated heterocycles. The van der Waals surface area contributed by atoms with Gasteiger partial charge >= 0.3 is 0 Å². The molecule has 1 unspecified atom stereocenters. The van der Waals surface area contributed by atoms with E-state index in [9.17, 15) is 9.59 Å². The molecule has 0 aliphatic carbocycles. The van der Waals surface area contributed by atoms with Crippen LogP contribution in [0.1, 0.15) is 85.4 Å². The van der Waals surface area contributed by atoms with Crippen molar-refractivity contribution in [2.24, 2.45) is 0 Å². The van der Waals surface area contributed by atoms with Gasteiger partial charge in [0.25, 0.3) is 5.91 Å². The van der Waals surface area contributed by atoms with Gasteiger partial charge in [-0.2, -0.15) is 0 Å². The molecule has 1 aromatic heterocycles. The lowest BCUT2D eigenvalue weighted by atomic mass is 9.89. The van der Waals surface area contributed by atoms with Gasteiger partial charge in [-0.1, -0.05) is 56.5 Å². The van der Waals surface area contributed by atoms with Gasteiger partial charge in [0.1, 0.15) is 5.69 Å². The highest BCUT2D eigenvalue weighted by Crippen LogP contribution is 2.32. The first-order valence-corrected chi connectivity index (χ1v) is 17.5. The number of amides is 2. The maximum atomic E-state index is 13.1. The zero-order valence-electron chi connectivity index (χ0n) is 26.3. The molecule has 2 aromatic rings. The van der Waals surface area contributed by atoms with Crippen LogP contribution < -0.4 is 5.32 Å². The van der Waals surface area contributed by atoms with Crippen molar-refractivity contribution in [3.63, 3.8) is 0 Å². The normalized spacial score (nSPS) is 17.6. The highest BCUT2D eigenvalue weighted by Gasteiger charge is 2.41. The SMILES string of the molecule is CCCCC(CC(=O)NCCCO)OCCc1cccc(CN2CCC3(CC2)CN(C(=O)c2csc(CC)n2)CCO3)c1Cl. The highest BCUT2D eigenvalue weighted by atomic mass is 35.5. The van der Waals surface area contributed by atoms with Crippen molar-refractivity contribution in [1.82, 2.24) is 20.1 Å². The number of rotatable bonds is 16. The third-order valence-electron chi connectivity index (χ3n) is 8.60. The van der Waals surface area contributed by atoms with Crippen LogP contribution in [-0.4, -0.2) is 96.0 Å². The van der Waals surface area contributed by atoms with E-state index in [-0.39, 0.29) is 30.1 Å². The summed E-state index contributed by atoms with van der Waals surface area (Å²) in [6.45, 7) is 9.52. The molecule has 2 aliphatic rings. The zero-order valence-corrected chi connectivity index (χ0v) is 27.9. The van der Waals surface area contributed by atoms with Crippen LogP contribution in [0.2, 0.25) is 5.02 Å². The van der Waals surface area contributed by atoms with Crippen molar-refractivity contribution in [2.45, 2.75) is 89.9 Å². The summed E-state index contributed by atoms with van der Waals surface area (Å²) in [5, 5.41) is 15.5. The van der Waals surface area contributed by atoms with E-state index in [1.807, 2.05) is 10.3 Å². The maximum absolute atomic E-state index is 13.1. The van der Waals surface area contributed by atoms with Gasteiger partial charge in [0.15, 0.2) is 0 Å². The summed E-state index contributed by atoms with van der Waals surface area (Å²) < 4.78 is 12.5. The number of aryl methyl sites for hydroxylation is 1. The lowest BCUT2D eigenvalue weighted by Gasteiger charge is -2.47. The minimum atomic E-state index is -0.305. The maximum Gasteiger partial charge on any atom is 0.273 e. The third-order valence-corrected chi connectivity index (χ3v) is 10.1. The number of aliphatic hydroxyl groups is 1. The first-order valence-electron chi connectivity index (χ1n) is 16.2. The van der Waals surface area contributed by atoms with Crippen LogP contribution in [0.4, 0.5) is 0 Å². The molecule has 2 aliphatic heterocycles. The average molecular weight is 649 g/mol. The van der Waals surface area contributed by atoms with Gasteiger partial charge in [0.2, 0.25) is 5.91 Å². The molecular weight excluding hydrogens is 600 g/mol.